The second-order valence-corrected chi connectivity index (χ2v) is 22.7. The van der Waals surface area contributed by atoms with Crippen LogP contribution in [0.1, 0.15) is 158 Å². The van der Waals surface area contributed by atoms with E-state index in [-0.39, 0.29) is 59.3 Å². The number of aryl methyl sites for hydroxylation is 1. The van der Waals surface area contributed by atoms with Gasteiger partial charge in [-0.05, 0) is 133 Å². The van der Waals surface area contributed by atoms with Gasteiger partial charge in [0.15, 0.2) is 23.1 Å². The molecule has 0 radical (unpaired) electrons. The number of nitrogens with two attached hydrogens (primary N) is 2. The summed E-state index contributed by atoms with van der Waals surface area (Å²) >= 11 is 0. The summed E-state index contributed by atoms with van der Waals surface area (Å²) in [7, 11) is 3.45. The van der Waals surface area contributed by atoms with E-state index in [1.54, 1.807) is 58.1 Å². The number of aliphatic hydroxyl groups excluding tert-OH is 2. The molecule has 4 aromatic rings. The number of ketones is 2. The van der Waals surface area contributed by atoms with Gasteiger partial charge in [0.1, 0.15) is 5.75 Å². The molecule has 1 aliphatic heterocycles. The third-order valence-corrected chi connectivity index (χ3v) is 17.9. The van der Waals surface area contributed by atoms with Crippen molar-refractivity contribution in [3.63, 3.8) is 0 Å². The van der Waals surface area contributed by atoms with Crippen LogP contribution in [0.4, 0.5) is 0 Å². The Balaban J connectivity index is 1.16. The molecule has 8 rings (SSSR count). The smallest absolute Gasteiger partial charge is 0.165 e. The summed E-state index contributed by atoms with van der Waals surface area (Å²) in [6.45, 7) is 4.33. The third kappa shape index (κ3) is 11.4. The first kappa shape index (κ1) is 49.9. The number of Topliss-reactive ketones (excluding diaryl/α,β-unsaturated/α-hetero) is 1. The molecule has 4 aliphatic rings. The summed E-state index contributed by atoms with van der Waals surface area (Å²) in [5, 5.41) is 45.2. The number of aromatic nitrogens is 1. The van der Waals surface area contributed by atoms with E-state index in [9.17, 15) is 30.0 Å². The van der Waals surface area contributed by atoms with Crippen molar-refractivity contribution in [2.45, 2.75) is 140 Å². The number of hydrogen-bond acceptors (Lipinski definition) is 11. The van der Waals surface area contributed by atoms with Gasteiger partial charge in [-0.15, -0.1) is 0 Å². The minimum Gasteiger partial charge on any atom is -0.508 e. The van der Waals surface area contributed by atoms with Gasteiger partial charge in [-0.1, -0.05) is 96.4 Å². The highest BCUT2D eigenvalue weighted by Crippen LogP contribution is 2.64. The van der Waals surface area contributed by atoms with Gasteiger partial charge in [0.05, 0.1) is 31.4 Å². The van der Waals surface area contributed by atoms with Crippen molar-refractivity contribution in [1.82, 2.24) is 4.98 Å². The maximum absolute atomic E-state index is 14.3. The van der Waals surface area contributed by atoms with E-state index in [1.165, 1.54) is 0 Å². The predicted octanol–water partition coefficient (Wildman–Crippen LogP) is 10.1. The van der Waals surface area contributed by atoms with Crippen molar-refractivity contribution >= 4 is 33.2 Å². The molecule has 2 heterocycles. The van der Waals surface area contributed by atoms with E-state index in [2.05, 4.69) is 35.9 Å². The molecule has 0 amide bonds. The number of carbonyl (C=O) groups excluding carboxylic acids is 2. The molecule has 2 fully saturated rings. The molecule has 0 spiro atoms. The summed E-state index contributed by atoms with van der Waals surface area (Å²) < 4.78 is 6.18. The fourth-order valence-electron chi connectivity index (χ4n) is 11.7. The molecule has 1 aromatic heterocycles. The predicted molar refractivity (Wildman–Crippen MR) is 273 cm³/mol. The highest BCUT2D eigenvalue weighted by Gasteiger charge is 2.59. The van der Waals surface area contributed by atoms with E-state index >= 15 is 0 Å². The average molecular weight is 960 g/mol. The van der Waals surface area contributed by atoms with Gasteiger partial charge in [0.25, 0.3) is 0 Å². The zero-order valence-electron chi connectivity index (χ0n) is 39.6. The van der Waals surface area contributed by atoms with Crippen LogP contribution in [0.2, 0.25) is 0 Å². The number of unbranched alkanes of at least 4 members (excludes halogenated alkanes) is 2. The zero-order valence-corrected chi connectivity index (χ0v) is 41.2. The Morgan fingerprint density at radius 2 is 1.78 bits per heavy atom. The number of ether oxygens (including phenoxy) is 1. The van der Waals surface area contributed by atoms with Gasteiger partial charge in [-0.3, -0.25) is 9.59 Å². The Morgan fingerprint density at radius 1 is 0.971 bits per heavy atom. The highest BCUT2D eigenvalue weighted by atomic mass is 33.1. The van der Waals surface area contributed by atoms with Crippen LogP contribution in [-0.4, -0.2) is 61.5 Å². The minimum atomic E-state index is -0.790. The monoisotopic (exact) mass is 959 g/mol. The molecule has 0 unspecified atom stereocenters. The molecular weight excluding hydrogens is 891 g/mol. The van der Waals surface area contributed by atoms with Crippen LogP contribution < -0.4 is 16.2 Å². The molecular formula is C56H69N3O7S2. The Labute approximate surface area is 409 Å². The molecule has 3 aromatic carbocycles. The number of aromatic hydroxyl groups is 2. The van der Waals surface area contributed by atoms with E-state index in [1.807, 2.05) is 31.2 Å². The first-order valence-electron chi connectivity index (χ1n) is 24.7. The largest absolute Gasteiger partial charge is 0.508 e. The van der Waals surface area contributed by atoms with Crippen molar-refractivity contribution in [2.75, 3.05) is 12.4 Å². The van der Waals surface area contributed by atoms with Gasteiger partial charge in [0, 0.05) is 70.7 Å². The van der Waals surface area contributed by atoms with E-state index in [4.69, 9.17) is 16.2 Å². The first-order chi connectivity index (χ1) is 32.8. The SMILES string of the molecule is CCCCC[C@@H](C[C@H]1CC[C@]23CSSCc4cc5c(cc4C(N)N)C#CCc4[nH]ccc4C(=O)C[C@@H]5c4cc(ccc4O)CCOc4cc(ccc4O)CCC(=O)/C=C/[C@]1(C[C@@H]2O)C3)C[C@H](C)O. The van der Waals surface area contributed by atoms with Crippen LogP contribution >= 0.6 is 21.6 Å². The van der Waals surface area contributed by atoms with Crippen LogP contribution in [-0.2, 0) is 29.8 Å². The number of H-pyrrole nitrogens is 1. The van der Waals surface area contributed by atoms with Gasteiger partial charge in [-0.2, -0.15) is 0 Å². The van der Waals surface area contributed by atoms with Crippen LogP contribution in [0.15, 0.2) is 72.9 Å². The number of nitrogens with one attached hydrogen (secondary N) is 1. The molecule has 7 atom stereocenters. The van der Waals surface area contributed by atoms with Gasteiger partial charge >= 0.3 is 0 Å². The van der Waals surface area contributed by atoms with Crippen LogP contribution in [0, 0.1) is 34.5 Å². The molecule has 2 saturated carbocycles. The summed E-state index contributed by atoms with van der Waals surface area (Å²) in [5.74, 6) is 8.38. The molecule has 68 heavy (non-hydrogen) atoms. The number of aromatic amines is 1. The third-order valence-electron chi connectivity index (χ3n) is 15.4. The fraction of sp³-hybridized carbons (Fsp3) is 0.500. The minimum absolute atomic E-state index is 0.00332. The first-order valence-corrected chi connectivity index (χ1v) is 27.2. The van der Waals surface area contributed by atoms with Gasteiger partial charge < -0.3 is 41.6 Å². The lowest BCUT2D eigenvalue weighted by Gasteiger charge is -2.45. The van der Waals surface area contributed by atoms with Crippen molar-refractivity contribution in [2.24, 2.45) is 34.1 Å². The number of phenols is 2. The number of phenolic OH excluding ortho intramolecular Hbond substituents is 2. The Kier molecular flexibility index (Phi) is 16.2. The second kappa shape index (κ2) is 22.1. The van der Waals surface area contributed by atoms with Crippen LogP contribution in [0.25, 0.3) is 0 Å². The van der Waals surface area contributed by atoms with Crippen molar-refractivity contribution in [1.29, 1.82) is 0 Å². The molecule has 9 N–H and O–H groups in total. The maximum atomic E-state index is 14.3. The maximum Gasteiger partial charge on any atom is 0.165 e. The van der Waals surface area contributed by atoms with Crippen molar-refractivity contribution < 1.29 is 34.8 Å². The van der Waals surface area contributed by atoms with Crippen LogP contribution in [0.5, 0.6) is 17.2 Å². The van der Waals surface area contributed by atoms with E-state index in [0.29, 0.717) is 59.8 Å². The second-order valence-electron chi connectivity index (χ2n) is 20.2. The lowest BCUT2D eigenvalue weighted by molar-refractivity contribution is -0.114. The molecule has 8 bridgehead atoms. The lowest BCUT2D eigenvalue weighted by atomic mass is 9.60. The zero-order chi connectivity index (χ0) is 48.0. The van der Waals surface area contributed by atoms with E-state index in [0.717, 1.165) is 97.1 Å². The molecule has 12 heteroatoms. The topological polar surface area (TPSA) is 192 Å². The molecule has 0 saturated heterocycles. The number of benzene rings is 3. The van der Waals surface area contributed by atoms with Gasteiger partial charge in [-0.25, -0.2) is 0 Å². The lowest BCUT2D eigenvalue weighted by Crippen LogP contribution is -2.38. The van der Waals surface area contributed by atoms with Gasteiger partial charge in [0.2, 0.25) is 0 Å². The number of allylic oxidation sites excluding steroid dienone is 2. The summed E-state index contributed by atoms with van der Waals surface area (Å²) in [4.78, 5) is 31.2. The van der Waals surface area contributed by atoms with E-state index < -0.39 is 24.3 Å². The number of hydrogen-bond donors (Lipinski definition) is 7. The Morgan fingerprint density at radius 3 is 2.57 bits per heavy atom. The summed E-state index contributed by atoms with van der Waals surface area (Å²) in [6, 6.07) is 16.5. The quantitative estimate of drug-likeness (QED) is 0.0366. The number of fused-ring (bicyclic) bond motifs is 7. The molecule has 10 nitrogen and oxygen atoms in total. The Hall–Kier alpha value is -4.48. The van der Waals surface area contributed by atoms with Crippen molar-refractivity contribution in [3.8, 4) is 29.1 Å². The Bertz CT molecular complexity index is 2540. The fourth-order valence-corrected chi connectivity index (χ4v) is 14.5. The number of rotatable bonds is 9. The average Bonchev–Trinajstić information content (AvgIpc) is 3.87. The summed E-state index contributed by atoms with van der Waals surface area (Å²) in [6.07, 6.45) is 15.0. The highest BCUT2D eigenvalue weighted by molar-refractivity contribution is 8.76. The number of aliphatic hydroxyl groups is 2. The van der Waals surface area contributed by atoms with Crippen LogP contribution in [0.3, 0.4) is 0 Å². The van der Waals surface area contributed by atoms with Crippen molar-refractivity contribution in [3.05, 3.63) is 123 Å². The summed E-state index contributed by atoms with van der Waals surface area (Å²) in [5.41, 5.74) is 19.2. The normalized spacial score (nSPS) is 25.7. The molecule has 362 valence electrons. The number of carbonyl (C=O) groups is 2. The standard InChI is InChI=1S/C56H69N3O7S2/c1-3-4-5-7-38(24-35(2)60)25-41-16-20-56-33-55(41,31-53(56)65)21-17-42(61)13-10-36-12-15-50(63)52(27-36)66-23-19-37-11-14-49(62)47(26-37)46-30-51(64)43-18-22-59-48(43)9-6-8-39-28-45(54(57)58)40(29-44(39)46)32-67-68-34-56/h11-12,14-15,17-18,21-22,26-29,35,38,41,46,53-54,59-60,62-63,65H,3-5,7,9-10,13,16,19-20,23-25,30-34,57-58H2,1-2H3/b21-17+/t35-,38+,41+,46-,53-,55-,56-/m0/s1. The molecule has 3 aliphatic carbocycles.